The molecule has 24 heavy (non-hydrogen) atoms. The maximum atomic E-state index is 13.7. The molecule has 2 heterocycles. The van der Waals surface area contributed by atoms with Gasteiger partial charge in [0.15, 0.2) is 0 Å². The molecule has 1 amide bonds. The van der Waals surface area contributed by atoms with Crippen LogP contribution in [0.4, 0.5) is 8.78 Å². The van der Waals surface area contributed by atoms with Crippen LogP contribution in [0.5, 0.6) is 0 Å². The Morgan fingerprint density at radius 2 is 1.96 bits per heavy atom. The van der Waals surface area contributed by atoms with Crippen molar-refractivity contribution in [3.05, 3.63) is 59.6 Å². The van der Waals surface area contributed by atoms with E-state index in [-0.39, 0.29) is 18.0 Å². The second-order valence-electron chi connectivity index (χ2n) is 5.79. The van der Waals surface area contributed by atoms with E-state index in [1.165, 1.54) is 12.5 Å². The molecule has 1 aliphatic rings. The third kappa shape index (κ3) is 3.63. The Labute approximate surface area is 138 Å². The zero-order valence-corrected chi connectivity index (χ0v) is 13.0. The summed E-state index contributed by atoms with van der Waals surface area (Å²) in [4.78, 5) is 15.8. The fourth-order valence-corrected chi connectivity index (χ4v) is 2.82. The number of aliphatic hydroxyl groups excluding tert-OH is 1. The number of benzene rings is 1. The topological polar surface area (TPSA) is 56.9 Å². The third-order valence-electron chi connectivity index (χ3n) is 4.18. The summed E-state index contributed by atoms with van der Waals surface area (Å²) in [5, 5.41) is 10.2. The van der Waals surface area contributed by atoms with E-state index >= 15 is 0 Å². The van der Waals surface area contributed by atoms with Gasteiger partial charge in [0.1, 0.15) is 17.9 Å². The highest BCUT2D eigenvalue weighted by Gasteiger charge is 2.25. The molecule has 0 spiro atoms. The van der Waals surface area contributed by atoms with Crippen LogP contribution in [0.3, 0.4) is 0 Å². The molecule has 1 N–H and O–H groups in total. The molecular formula is C17H18F2N2O3. The zero-order valence-electron chi connectivity index (χ0n) is 13.0. The number of piperazine rings is 1. The molecule has 1 unspecified atom stereocenters. The van der Waals surface area contributed by atoms with Crippen molar-refractivity contribution in [2.75, 3.05) is 32.7 Å². The minimum absolute atomic E-state index is 0.0492. The number of β-amino-alcohol motifs (C(OH)–C–C–N with tert-alkyl or cyclic N) is 1. The molecule has 1 aromatic carbocycles. The molecule has 1 fully saturated rings. The monoisotopic (exact) mass is 336 g/mol. The van der Waals surface area contributed by atoms with Gasteiger partial charge in [-0.05, 0) is 24.3 Å². The summed E-state index contributed by atoms with van der Waals surface area (Å²) >= 11 is 0. The van der Waals surface area contributed by atoms with E-state index in [9.17, 15) is 18.7 Å². The van der Waals surface area contributed by atoms with Crippen LogP contribution in [0, 0.1) is 11.6 Å². The van der Waals surface area contributed by atoms with Crippen molar-refractivity contribution in [3.8, 4) is 0 Å². The number of aliphatic hydroxyl groups is 1. The molecule has 5 nitrogen and oxygen atoms in total. The Morgan fingerprint density at radius 1 is 1.21 bits per heavy atom. The number of furan rings is 1. The molecular weight excluding hydrogens is 318 g/mol. The zero-order chi connectivity index (χ0) is 17.1. The van der Waals surface area contributed by atoms with Gasteiger partial charge in [-0.2, -0.15) is 0 Å². The highest BCUT2D eigenvalue weighted by molar-refractivity contribution is 5.93. The first-order chi connectivity index (χ1) is 11.5. The molecule has 0 aliphatic carbocycles. The average Bonchev–Trinajstić information content (AvgIpc) is 3.11. The summed E-state index contributed by atoms with van der Waals surface area (Å²) < 4.78 is 31.8. The predicted molar refractivity (Wildman–Crippen MR) is 82.4 cm³/mol. The van der Waals surface area contributed by atoms with Crippen molar-refractivity contribution in [1.82, 2.24) is 9.80 Å². The van der Waals surface area contributed by atoms with E-state index in [2.05, 4.69) is 0 Å². The Balaban J connectivity index is 1.55. The number of nitrogens with zero attached hydrogens (tertiary/aromatic N) is 2. The largest absolute Gasteiger partial charge is 0.472 e. The van der Waals surface area contributed by atoms with Gasteiger partial charge in [0.05, 0.1) is 17.9 Å². The molecule has 0 bridgehead atoms. The quantitative estimate of drug-likeness (QED) is 0.928. The van der Waals surface area contributed by atoms with Gasteiger partial charge >= 0.3 is 0 Å². The van der Waals surface area contributed by atoms with Crippen LogP contribution in [0.2, 0.25) is 0 Å². The molecule has 7 heteroatoms. The molecule has 2 aromatic rings. The van der Waals surface area contributed by atoms with E-state index in [4.69, 9.17) is 4.42 Å². The van der Waals surface area contributed by atoms with Gasteiger partial charge in [-0.15, -0.1) is 0 Å². The fraction of sp³-hybridized carbons (Fsp3) is 0.353. The Kier molecular flexibility index (Phi) is 4.92. The Bertz CT molecular complexity index is 698. The number of rotatable bonds is 4. The SMILES string of the molecule is O=C(c1ccoc1)N1CCN(CC(O)c2cc(F)ccc2F)CC1. The van der Waals surface area contributed by atoms with Gasteiger partial charge in [0.2, 0.25) is 0 Å². The lowest BCUT2D eigenvalue weighted by Crippen LogP contribution is -2.49. The number of hydrogen-bond donors (Lipinski definition) is 1. The molecule has 0 radical (unpaired) electrons. The van der Waals surface area contributed by atoms with E-state index in [0.29, 0.717) is 31.7 Å². The second-order valence-corrected chi connectivity index (χ2v) is 5.79. The summed E-state index contributed by atoms with van der Waals surface area (Å²) in [5.41, 5.74) is 0.456. The normalized spacial score (nSPS) is 17.0. The first-order valence-corrected chi connectivity index (χ1v) is 7.71. The van der Waals surface area contributed by atoms with E-state index in [1.807, 2.05) is 4.90 Å². The maximum Gasteiger partial charge on any atom is 0.257 e. The minimum atomic E-state index is -1.11. The molecule has 128 valence electrons. The summed E-state index contributed by atoms with van der Waals surface area (Å²) in [6.45, 7) is 2.30. The smallest absolute Gasteiger partial charge is 0.257 e. The maximum absolute atomic E-state index is 13.7. The van der Waals surface area contributed by atoms with Crippen LogP contribution >= 0.6 is 0 Å². The lowest BCUT2D eigenvalue weighted by Gasteiger charge is -2.35. The second kappa shape index (κ2) is 7.11. The van der Waals surface area contributed by atoms with Gasteiger partial charge in [-0.3, -0.25) is 9.69 Å². The summed E-state index contributed by atoms with van der Waals surface area (Å²) in [6.07, 6.45) is 1.75. The highest BCUT2D eigenvalue weighted by Crippen LogP contribution is 2.20. The van der Waals surface area contributed by atoms with Crippen molar-refractivity contribution >= 4 is 5.91 Å². The van der Waals surface area contributed by atoms with Crippen molar-refractivity contribution < 1.29 is 23.1 Å². The molecule has 3 rings (SSSR count). The Hall–Kier alpha value is -2.25. The Morgan fingerprint density at radius 3 is 2.62 bits per heavy atom. The van der Waals surface area contributed by atoms with Crippen LogP contribution in [-0.4, -0.2) is 53.5 Å². The molecule has 1 atom stereocenters. The third-order valence-corrected chi connectivity index (χ3v) is 4.18. The highest BCUT2D eigenvalue weighted by atomic mass is 19.1. The number of carbonyl (C=O) groups excluding carboxylic acids is 1. The molecule has 1 saturated heterocycles. The van der Waals surface area contributed by atoms with Crippen LogP contribution in [0.25, 0.3) is 0 Å². The molecule has 1 aliphatic heterocycles. The summed E-state index contributed by atoms with van der Waals surface area (Å²) in [6, 6.07) is 4.66. The van der Waals surface area contributed by atoms with Crippen molar-refractivity contribution in [3.63, 3.8) is 0 Å². The van der Waals surface area contributed by atoms with Gasteiger partial charge < -0.3 is 14.4 Å². The number of hydrogen-bond acceptors (Lipinski definition) is 4. The molecule has 0 saturated carbocycles. The average molecular weight is 336 g/mol. The van der Waals surface area contributed by atoms with E-state index < -0.39 is 17.7 Å². The van der Waals surface area contributed by atoms with Gasteiger partial charge in [0, 0.05) is 38.3 Å². The number of halogens is 2. The lowest BCUT2D eigenvalue weighted by molar-refractivity contribution is 0.0521. The van der Waals surface area contributed by atoms with Crippen molar-refractivity contribution in [2.24, 2.45) is 0 Å². The van der Waals surface area contributed by atoms with E-state index in [0.717, 1.165) is 18.2 Å². The first kappa shape index (κ1) is 16.6. The van der Waals surface area contributed by atoms with E-state index in [1.54, 1.807) is 11.0 Å². The summed E-state index contributed by atoms with van der Waals surface area (Å²) in [5.74, 6) is -1.31. The van der Waals surface area contributed by atoms with Gasteiger partial charge in [-0.1, -0.05) is 0 Å². The van der Waals surface area contributed by atoms with Crippen LogP contribution in [0.1, 0.15) is 22.0 Å². The fourth-order valence-electron chi connectivity index (χ4n) is 2.82. The van der Waals surface area contributed by atoms with Crippen LogP contribution in [0.15, 0.2) is 41.2 Å². The first-order valence-electron chi connectivity index (χ1n) is 7.71. The minimum Gasteiger partial charge on any atom is -0.472 e. The van der Waals surface area contributed by atoms with Crippen molar-refractivity contribution in [1.29, 1.82) is 0 Å². The predicted octanol–water partition coefficient (Wildman–Crippen LogP) is 2.05. The van der Waals surface area contributed by atoms with Gasteiger partial charge in [-0.25, -0.2) is 8.78 Å². The lowest BCUT2D eigenvalue weighted by atomic mass is 10.1. The van der Waals surface area contributed by atoms with Gasteiger partial charge in [0.25, 0.3) is 5.91 Å². The standard InChI is InChI=1S/C17H18F2N2O3/c18-13-1-2-15(19)14(9-13)16(22)10-20-4-6-21(7-5-20)17(23)12-3-8-24-11-12/h1-3,8-9,11,16,22H,4-7,10H2. The van der Waals surface area contributed by atoms with Crippen LogP contribution < -0.4 is 0 Å². The van der Waals surface area contributed by atoms with Crippen LogP contribution in [-0.2, 0) is 0 Å². The summed E-state index contributed by atoms with van der Waals surface area (Å²) in [7, 11) is 0. The number of carbonyl (C=O) groups is 1. The van der Waals surface area contributed by atoms with Crippen molar-refractivity contribution in [2.45, 2.75) is 6.10 Å². The number of amides is 1. The molecule has 1 aromatic heterocycles.